The molecular weight excluding hydrogens is 558 g/mol. The highest BCUT2D eigenvalue weighted by atomic mass is 16.3. The summed E-state index contributed by atoms with van der Waals surface area (Å²) in [5.41, 5.74) is 3.12. The minimum Gasteiger partial charge on any atom is -0.508 e. The standard InChI is InChI=1S/C30H39N5O8/c1-33(2)18-11-14(12-32-29(42)17-7-6-8-35(17)5)23(36)20-15(18)9-13-10-16-22(34(3)4)25(38)21(28(31)41)27(40)30(16,43)26(39)19(13)24(20)37/h11,13,16-17,22,36-37,40,43H,6-10,12H2,1-5H3,(H2,31,41)(H,32,42)/t13-,16-,17-,22+,30-/m0/s1. The van der Waals surface area contributed by atoms with E-state index in [9.17, 15) is 39.6 Å². The SMILES string of the molecule is CN(C)c1cc(CNC(=O)[C@@H]2CCCN2C)c(O)c2c1C[C@H]1C[C@H]3[C@@H](N(C)C)C(=O)C(C(N)=O)=C(O)[C@@]3(O)C(=O)C1=C2O. The number of Topliss-reactive ketones (excluding diaryl/α,β-unsaturated/α-hetero) is 2. The smallest absolute Gasteiger partial charge is 0.255 e. The van der Waals surface area contributed by atoms with E-state index in [1.807, 2.05) is 11.9 Å². The highest BCUT2D eigenvalue weighted by molar-refractivity contribution is 6.24. The number of primary amides is 1. The molecule has 13 nitrogen and oxygen atoms in total. The molecule has 7 N–H and O–H groups in total. The van der Waals surface area contributed by atoms with Gasteiger partial charge in [-0.25, -0.2) is 0 Å². The maximum absolute atomic E-state index is 14.1. The number of aliphatic hydroxyl groups excluding tert-OH is 2. The molecule has 1 saturated heterocycles. The van der Waals surface area contributed by atoms with Crippen LogP contribution in [0, 0.1) is 11.8 Å². The average Bonchev–Trinajstić information content (AvgIpc) is 3.35. The van der Waals surface area contributed by atoms with Crippen LogP contribution in [-0.4, -0.2) is 113 Å². The van der Waals surface area contributed by atoms with Gasteiger partial charge in [0.1, 0.15) is 22.8 Å². The molecule has 0 radical (unpaired) electrons. The Hall–Kier alpha value is -3.94. The molecule has 232 valence electrons. The van der Waals surface area contributed by atoms with Crippen LogP contribution in [0.2, 0.25) is 0 Å². The van der Waals surface area contributed by atoms with Crippen LogP contribution in [0.3, 0.4) is 0 Å². The first kappa shape index (κ1) is 30.5. The Morgan fingerprint density at radius 3 is 2.40 bits per heavy atom. The van der Waals surface area contributed by atoms with Crippen molar-refractivity contribution in [3.05, 3.63) is 39.7 Å². The van der Waals surface area contributed by atoms with Gasteiger partial charge in [-0.1, -0.05) is 0 Å². The molecule has 1 aromatic carbocycles. The minimum atomic E-state index is -2.70. The van der Waals surface area contributed by atoms with Crippen molar-refractivity contribution in [1.82, 2.24) is 15.1 Å². The summed E-state index contributed by atoms with van der Waals surface area (Å²) >= 11 is 0. The summed E-state index contributed by atoms with van der Waals surface area (Å²) in [6, 6.07) is 0.299. The zero-order valence-corrected chi connectivity index (χ0v) is 25.0. The van der Waals surface area contributed by atoms with Gasteiger partial charge in [0.2, 0.25) is 11.7 Å². The topological polar surface area (TPSA) is 197 Å². The maximum Gasteiger partial charge on any atom is 0.255 e. The Morgan fingerprint density at radius 2 is 1.84 bits per heavy atom. The number of hydrogen-bond acceptors (Lipinski definition) is 11. The van der Waals surface area contributed by atoms with Gasteiger partial charge in [-0.05, 0) is 70.9 Å². The number of amides is 2. The quantitative estimate of drug-likeness (QED) is 0.236. The van der Waals surface area contributed by atoms with Crippen molar-refractivity contribution >= 4 is 34.8 Å². The summed E-state index contributed by atoms with van der Waals surface area (Å²) < 4.78 is 0. The fourth-order valence-corrected chi connectivity index (χ4v) is 7.42. The van der Waals surface area contributed by atoms with Crippen LogP contribution in [0.25, 0.3) is 5.76 Å². The lowest BCUT2D eigenvalue weighted by molar-refractivity contribution is -0.153. The number of nitrogens with one attached hydrogen (secondary N) is 1. The number of aliphatic hydroxyl groups is 3. The van der Waals surface area contributed by atoms with E-state index in [0.29, 0.717) is 16.8 Å². The molecular formula is C30H39N5O8. The van der Waals surface area contributed by atoms with Crippen molar-refractivity contribution in [2.24, 2.45) is 17.6 Å². The molecule has 1 aliphatic heterocycles. The second kappa shape index (κ2) is 10.6. The van der Waals surface area contributed by atoms with Gasteiger partial charge in [-0.3, -0.25) is 29.0 Å². The lowest BCUT2D eigenvalue weighted by atomic mass is 9.57. The van der Waals surface area contributed by atoms with Crippen LogP contribution in [-0.2, 0) is 32.1 Å². The third kappa shape index (κ3) is 4.48. The summed E-state index contributed by atoms with van der Waals surface area (Å²) in [5, 5.41) is 48.7. The Kier molecular flexibility index (Phi) is 7.56. The normalized spacial score (nSPS) is 29.0. The van der Waals surface area contributed by atoms with E-state index >= 15 is 0 Å². The van der Waals surface area contributed by atoms with E-state index in [0.717, 1.165) is 19.4 Å². The third-order valence-corrected chi connectivity index (χ3v) is 9.53. The molecule has 1 heterocycles. The van der Waals surface area contributed by atoms with Crippen molar-refractivity contribution in [2.75, 3.05) is 46.7 Å². The number of phenols is 1. The number of carbonyl (C=O) groups excluding carboxylic acids is 4. The van der Waals surface area contributed by atoms with Crippen LogP contribution in [0.4, 0.5) is 5.69 Å². The highest BCUT2D eigenvalue weighted by Crippen LogP contribution is 2.54. The number of likely N-dealkylation sites (tertiary alicyclic amines) is 1. The Labute approximate surface area is 249 Å². The molecule has 3 aliphatic carbocycles. The number of likely N-dealkylation sites (N-methyl/N-ethyl adjacent to an activating group) is 2. The molecule has 1 aromatic rings. The number of ketones is 2. The minimum absolute atomic E-state index is 0.00606. The number of aromatic hydroxyl groups is 1. The molecule has 43 heavy (non-hydrogen) atoms. The zero-order chi connectivity index (χ0) is 31.7. The second-order valence-corrected chi connectivity index (χ2v) is 12.5. The molecule has 0 aromatic heterocycles. The Bertz CT molecular complexity index is 1500. The van der Waals surface area contributed by atoms with Crippen molar-refractivity contribution in [1.29, 1.82) is 0 Å². The Balaban J connectivity index is 1.62. The number of hydrogen-bond donors (Lipinski definition) is 6. The lowest BCUT2D eigenvalue weighted by Gasteiger charge is -2.50. The van der Waals surface area contributed by atoms with E-state index in [1.54, 1.807) is 39.2 Å². The number of nitrogens with two attached hydrogens (primary N) is 1. The van der Waals surface area contributed by atoms with Crippen molar-refractivity contribution in [3.63, 3.8) is 0 Å². The first-order valence-electron chi connectivity index (χ1n) is 14.3. The summed E-state index contributed by atoms with van der Waals surface area (Å²) in [6.45, 7) is 0.777. The number of phenolic OH excluding ortho intramolecular Hbond substituents is 1. The van der Waals surface area contributed by atoms with E-state index in [1.165, 1.54) is 4.90 Å². The number of fused-ring (bicyclic) bond motifs is 3. The van der Waals surface area contributed by atoms with Gasteiger partial charge in [0, 0.05) is 43.4 Å². The van der Waals surface area contributed by atoms with E-state index in [4.69, 9.17) is 5.73 Å². The fourth-order valence-electron chi connectivity index (χ4n) is 7.42. The molecule has 1 saturated carbocycles. The summed E-state index contributed by atoms with van der Waals surface area (Å²) in [7, 11) is 8.57. The molecule has 0 bridgehead atoms. The summed E-state index contributed by atoms with van der Waals surface area (Å²) in [5.74, 6) is -7.18. The first-order chi connectivity index (χ1) is 20.1. The van der Waals surface area contributed by atoms with Gasteiger partial charge in [-0.15, -0.1) is 0 Å². The van der Waals surface area contributed by atoms with Crippen LogP contribution < -0.4 is 16.0 Å². The van der Waals surface area contributed by atoms with Crippen LogP contribution >= 0.6 is 0 Å². The number of carbonyl (C=O) groups is 4. The summed E-state index contributed by atoms with van der Waals surface area (Å²) in [6.07, 6.45) is 1.81. The van der Waals surface area contributed by atoms with Crippen molar-refractivity contribution < 1.29 is 39.6 Å². The maximum atomic E-state index is 14.1. The summed E-state index contributed by atoms with van der Waals surface area (Å²) in [4.78, 5) is 57.6. The first-order valence-corrected chi connectivity index (χ1v) is 14.3. The monoisotopic (exact) mass is 597 g/mol. The predicted octanol–water partition coefficient (Wildman–Crippen LogP) is -0.260. The van der Waals surface area contributed by atoms with Crippen molar-refractivity contribution in [2.45, 2.75) is 49.9 Å². The molecule has 0 unspecified atom stereocenters. The molecule has 2 amide bonds. The molecule has 2 fully saturated rings. The second-order valence-electron chi connectivity index (χ2n) is 12.5. The van der Waals surface area contributed by atoms with Gasteiger partial charge in [0.25, 0.3) is 5.91 Å². The van der Waals surface area contributed by atoms with Gasteiger partial charge in [0.05, 0.1) is 17.6 Å². The van der Waals surface area contributed by atoms with Gasteiger partial charge >= 0.3 is 0 Å². The molecule has 0 spiro atoms. The molecule has 4 aliphatic rings. The van der Waals surface area contributed by atoms with Gasteiger partial charge in [-0.2, -0.15) is 0 Å². The molecule has 5 rings (SSSR count). The van der Waals surface area contributed by atoms with Crippen molar-refractivity contribution in [3.8, 4) is 5.75 Å². The average molecular weight is 598 g/mol. The van der Waals surface area contributed by atoms with E-state index in [-0.39, 0.29) is 48.2 Å². The van der Waals surface area contributed by atoms with Gasteiger partial charge < -0.3 is 36.4 Å². The predicted molar refractivity (Wildman–Crippen MR) is 156 cm³/mol. The largest absolute Gasteiger partial charge is 0.508 e. The zero-order valence-electron chi connectivity index (χ0n) is 25.0. The Morgan fingerprint density at radius 1 is 1.16 bits per heavy atom. The van der Waals surface area contributed by atoms with E-state index in [2.05, 4.69) is 5.32 Å². The highest BCUT2D eigenvalue weighted by Gasteiger charge is 2.64. The van der Waals surface area contributed by atoms with Crippen LogP contribution in [0.15, 0.2) is 23.0 Å². The van der Waals surface area contributed by atoms with Gasteiger partial charge in [0.15, 0.2) is 11.4 Å². The number of rotatable bonds is 6. The fraction of sp³-hybridized carbons (Fsp3) is 0.533. The van der Waals surface area contributed by atoms with E-state index < -0.39 is 58.0 Å². The number of nitrogens with zero attached hydrogens (tertiary/aromatic N) is 3. The van der Waals surface area contributed by atoms with Crippen LogP contribution in [0.5, 0.6) is 5.75 Å². The third-order valence-electron chi connectivity index (χ3n) is 9.53. The lowest BCUT2D eigenvalue weighted by Crippen LogP contribution is -2.65. The van der Waals surface area contributed by atoms with Crippen LogP contribution in [0.1, 0.15) is 36.0 Å². The molecule has 13 heteroatoms. The number of benzene rings is 1. The molecule has 5 atom stereocenters. The number of anilines is 1.